The lowest BCUT2D eigenvalue weighted by molar-refractivity contribution is -0.131. The summed E-state index contributed by atoms with van der Waals surface area (Å²) in [6, 6.07) is 7.30. The van der Waals surface area contributed by atoms with Crippen molar-refractivity contribution in [1.82, 2.24) is 10.2 Å². The van der Waals surface area contributed by atoms with E-state index in [-0.39, 0.29) is 11.9 Å². The van der Waals surface area contributed by atoms with Crippen LogP contribution in [0.25, 0.3) is 0 Å². The van der Waals surface area contributed by atoms with Crippen LogP contribution in [0.15, 0.2) is 24.3 Å². The van der Waals surface area contributed by atoms with E-state index >= 15 is 0 Å². The van der Waals surface area contributed by atoms with Crippen LogP contribution < -0.4 is 5.32 Å². The average Bonchev–Trinajstić information content (AvgIpc) is 2.38. The molecule has 1 atom stereocenters. The first-order valence-corrected chi connectivity index (χ1v) is 6.35. The van der Waals surface area contributed by atoms with E-state index in [1.54, 1.807) is 0 Å². The first-order valence-electron chi connectivity index (χ1n) is 5.97. The van der Waals surface area contributed by atoms with E-state index in [0.717, 1.165) is 12.1 Å². The topological polar surface area (TPSA) is 41.6 Å². The van der Waals surface area contributed by atoms with Gasteiger partial charge in [0.15, 0.2) is 0 Å². The number of hydrogen-bond acceptors (Lipinski definition) is 3. The average molecular weight is 269 g/mol. The van der Waals surface area contributed by atoms with Crippen molar-refractivity contribution in [3.05, 3.63) is 34.9 Å². The molecule has 98 valence electrons. The maximum absolute atomic E-state index is 12.0. The largest absolute Gasteiger partial charge is 0.378 e. The normalized spacial score (nSPS) is 20.7. The van der Waals surface area contributed by atoms with Crippen LogP contribution in [-0.4, -0.2) is 43.7 Å². The number of benzene rings is 1. The Labute approximate surface area is 112 Å². The second kappa shape index (κ2) is 6.18. The molecule has 4 nitrogen and oxygen atoms in total. The Bertz CT molecular complexity index is 425. The molecule has 2 rings (SSSR count). The first kappa shape index (κ1) is 13.3. The zero-order chi connectivity index (χ0) is 13.0. The van der Waals surface area contributed by atoms with Crippen molar-refractivity contribution < 1.29 is 9.53 Å². The van der Waals surface area contributed by atoms with Crippen LogP contribution in [0.5, 0.6) is 0 Å². The van der Waals surface area contributed by atoms with Gasteiger partial charge in [-0.25, -0.2) is 0 Å². The molecule has 0 spiro atoms. The summed E-state index contributed by atoms with van der Waals surface area (Å²) in [5, 5.41) is 3.57. The zero-order valence-corrected chi connectivity index (χ0v) is 11.1. The molecule has 1 aliphatic rings. The number of nitrogens with zero attached hydrogens (tertiary/aromatic N) is 1. The molecule has 5 heteroatoms. The molecule has 1 aliphatic heterocycles. The number of rotatable bonds is 3. The van der Waals surface area contributed by atoms with Crippen LogP contribution in [0, 0.1) is 0 Å². The Balaban J connectivity index is 1.90. The summed E-state index contributed by atoms with van der Waals surface area (Å²) in [6.07, 6.45) is 0. The van der Waals surface area contributed by atoms with Crippen molar-refractivity contribution in [1.29, 1.82) is 0 Å². The number of likely N-dealkylation sites (N-methyl/N-ethyl adjacent to an activating group) is 1. The molecule has 1 aromatic carbocycles. The standard InChI is InChI=1S/C13H17ClN2O2/c1-16-6-7-18-9-12(16)13(17)15-8-10-4-2-3-5-11(10)14/h2-5,12H,6-9H2,1H3,(H,15,17). The highest BCUT2D eigenvalue weighted by Gasteiger charge is 2.26. The van der Waals surface area contributed by atoms with Crippen molar-refractivity contribution in [3.63, 3.8) is 0 Å². The molecule has 0 aliphatic carbocycles. The highest BCUT2D eigenvalue weighted by molar-refractivity contribution is 6.31. The van der Waals surface area contributed by atoms with Gasteiger partial charge < -0.3 is 10.1 Å². The van der Waals surface area contributed by atoms with Gasteiger partial charge in [-0.1, -0.05) is 29.8 Å². The Morgan fingerprint density at radius 1 is 1.56 bits per heavy atom. The summed E-state index contributed by atoms with van der Waals surface area (Å²) in [7, 11) is 1.93. The van der Waals surface area contributed by atoms with Crippen LogP contribution in [0.1, 0.15) is 5.56 Å². The molecule has 1 heterocycles. The van der Waals surface area contributed by atoms with Crippen molar-refractivity contribution >= 4 is 17.5 Å². The third-order valence-corrected chi connectivity index (χ3v) is 3.48. The lowest BCUT2D eigenvalue weighted by atomic mass is 10.2. The number of carbonyl (C=O) groups is 1. The fraction of sp³-hybridized carbons (Fsp3) is 0.462. The molecule has 18 heavy (non-hydrogen) atoms. The second-order valence-electron chi connectivity index (χ2n) is 4.38. The molecule has 1 saturated heterocycles. The number of carbonyl (C=O) groups excluding carboxylic acids is 1. The molecule has 1 N–H and O–H groups in total. The lowest BCUT2D eigenvalue weighted by Crippen LogP contribution is -2.51. The quantitative estimate of drug-likeness (QED) is 0.898. The molecule has 0 bridgehead atoms. The van der Waals surface area contributed by atoms with E-state index in [4.69, 9.17) is 16.3 Å². The Kier molecular flexibility index (Phi) is 4.58. The summed E-state index contributed by atoms with van der Waals surface area (Å²) < 4.78 is 5.32. The van der Waals surface area contributed by atoms with Crippen molar-refractivity contribution in [3.8, 4) is 0 Å². The minimum Gasteiger partial charge on any atom is -0.378 e. The number of morpholine rings is 1. The summed E-state index contributed by atoms with van der Waals surface area (Å²) >= 11 is 6.04. The molecule has 0 aromatic heterocycles. The van der Waals surface area contributed by atoms with Crippen LogP contribution >= 0.6 is 11.6 Å². The van der Waals surface area contributed by atoms with E-state index in [2.05, 4.69) is 5.32 Å². The Hall–Kier alpha value is -1.10. The van der Waals surface area contributed by atoms with E-state index in [0.29, 0.717) is 24.8 Å². The zero-order valence-electron chi connectivity index (χ0n) is 10.4. The third-order valence-electron chi connectivity index (χ3n) is 3.11. The minimum atomic E-state index is -0.207. The second-order valence-corrected chi connectivity index (χ2v) is 4.79. The van der Waals surface area contributed by atoms with Crippen molar-refractivity contribution in [2.24, 2.45) is 0 Å². The van der Waals surface area contributed by atoms with Gasteiger partial charge in [-0.05, 0) is 18.7 Å². The van der Waals surface area contributed by atoms with E-state index < -0.39 is 0 Å². The van der Waals surface area contributed by atoms with Crippen LogP contribution in [0.3, 0.4) is 0 Å². The van der Waals surface area contributed by atoms with E-state index in [1.165, 1.54) is 0 Å². The molecule has 1 fully saturated rings. The molecule has 1 unspecified atom stereocenters. The summed E-state index contributed by atoms with van der Waals surface area (Å²) in [5.74, 6) is -0.0166. The van der Waals surface area contributed by atoms with Crippen LogP contribution in [0.4, 0.5) is 0 Å². The molecule has 1 aromatic rings. The van der Waals surface area contributed by atoms with Crippen LogP contribution in [0.2, 0.25) is 5.02 Å². The number of hydrogen-bond donors (Lipinski definition) is 1. The lowest BCUT2D eigenvalue weighted by Gasteiger charge is -2.31. The van der Waals surface area contributed by atoms with Gasteiger partial charge in [0.1, 0.15) is 6.04 Å². The summed E-state index contributed by atoms with van der Waals surface area (Å²) in [6.45, 7) is 2.36. The van der Waals surface area contributed by atoms with Gasteiger partial charge in [0, 0.05) is 18.1 Å². The van der Waals surface area contributed by atoms with Gasteiger partial charge >= 0.3 is 0 Å². The molecular formula is C13H17ClN2O2. The summed E-state index contributed by atoms with van der Waals surface area (Å²) in [4.78, 5) is 14.0. The summed E-state index contributed by atoms with van der Waals surface area (Å²) in [5.41, 5.74) is 0.923. The maximum Gasteiger partial charge on any atom is 0.240 e. The number of halogens is 1. The Morgan fingerprint density at radius 2 is 2.33 bits per heavy atom. The highest BCUT2D eigenvalue weighted by atomic mass is 35.5. The van der Waals surface area contributed by atoms with Gasteiger partial charge in [0.05, 0.1) is 13.2 Å². The van der Waals surface area contributed by atoms with E-state index in [9.17, 15) is 4.79 Å². The third kappa shape index (κ3) is 3.22. The fourth-order valence-corrected chi connectivity index (χ4v) is 2.11. The highest BCUT2D eigenvalue weighted by Crippen LogP contribution is 2.14. The van der Waals surface area contributed by atoms with Crippen LogP contribution in [-0.2, 0) is 16.1 Å². The van der Waals surface area contributed by atoms with Crippen molar-refractivity contribution in [2.75, 3.05) is 26.8 Å². The number of ether oxygens (including phenoxy) is 1. The van der Waals surface area contributed by atoms with Crippen molar-refractivity contribution in [2.45, 2.75) is 12.6 Å². The molecule has 1 amide bonds. The predicted octanol–water partition coefficient (Wildman–Crippen LogP) is 1.29. The first-order chi connectivity index (χ1) is 8.68. The SMILES string of the molecule is CN1CCOCC1C(=O)NCc1ccccc1Cl. The van der Waals surface area contributed by atoms with Gasteiger partial charge in [-0.2, -0.15) is 0 Å². The van der Waals surface area contributed by atoms with Gasteiger partial charge in [0.2, 0.25) is 5.91 Å². The van der Waals surface area contributed by atoms with Gasteiger partial charge in [-0.3, -0.25) is 9.69 Å². The Morgan fingerprint density at radius 3 is 3.06 bits per heavy atom. The number of amides is 1. The van der Waals surface area contributed by atoms with Gasteiger partial charge in [-0.15, -0.1) is 0 Å². The minimum absolute atomic E-state index is 0.0166. The predicted molar refractivity (Wildman–Crippen MR) is 70.5 cm³/mol. The molecule has 0 saturated carbocycles. The molecular weight excluding hydrogens is 252 g/mol. The molecule has 0 radical (unpaired) electrons. The maximum atomic E-state index is 12.0. The fourth-order valence-electron chi connectivity index (χ4n) is 1.90. The van der Waals surface area contributed by atoms with E-state index in [1.807, 2.05) is 36.2 Å². The number of nitrogens with one attached hydrogen (secondary N) is 1. The van der Waals surface area contributed by atoms with Gasteiger partial charge in [0.25, 0.3) is 0 Å². The smallest absolute Gasteiger partial charge is 0.240 e. The monoisotopic (exact) mass is 268 g/mol.